The number of esters is 1. The lowest BCUT2D eigenvalue weighted by molar-refractivity contribution is -0.143. The van der Waals surface area contributed by atoms with Crippen molar-refractivity contribution in [3.63, 3.8) is 0 Å². The third kappa shape index (κ3) is 5.15. The van der Waals surface area contributed by atoms with Gasteiger partial charge in [-0.25, -0.2) is 18.7 Å². The summed E-state index contributed by atoms with van der Waals surface area (Å²) in [6, 6.07) is 9.56. The number of carbonyl (C=O) groups excluding carboxylic acids is 2. The van der Waals surface area contributed by atoms with Gasteiger partial charge in [0.1, 0.15) is 11.6 Å². The van der Waals surface area contributed by atoms with E-state index in [1.54, 1.807) is 6.92 Å². The normalized spacial score (nSPS) is 11.1. The summed E-state index contributed by atoms with van der Waals surface area (Å²) in [5, 5.41) is 8.99. The molecule has 3 rings (SSSR count). The highest BCUT2D eigenvalue weighted by Gasteiger charge is 2.42. The van der Waals surface area contributed by atoms with E-state index in [1.165, 1.54) is 36.4 Å². The number of ether oxygens (including phenoxy) is 2. The molecule has 0 bridgehead atoms. The van der Waals surface area contributed by atoms with E-state index in [9.17, 15) is 27.2 Å². The summed E-state index contributed by atoms with van der Waals surface area (Å²) in [6.45, 7) is 1.73. The Hall–Kier alpha value is -3.96. The second-order valence-corrected chi connectivity index (χ2v) is 5.94. The van der Waals surface area contributed by atoms with Gasteiger partial charge in [-0.15, -0.1) is 5.10 Å². The number of halogens is 4. The van der Waals surface area contributed by atoms with Crippen molar-refractivity contribution in [1.82, 2.24) is 15.0 Å². The van der Waals surface area contributed by atoms with Crippen molar-refractivity contribution < 1.29 is 36.6 Å². The summed E-state index contributed by atoms with van der Waals surface area (Å²) in [4.78, 5) is 23.9. The first-order chi connectivity index (χ1) is 14.7. The highest BCUT2D eigenvalue weighted by Crippen LogP contribution is 2.33. The fraction of sp³-hybridized carbons (Fsp3) is 0.158. The second-order valence-electron chi connectivity index (χ2n) is 5.94. The van der Waals surface area contributed by atoms with Gasteiger partial charge < -0.3 is 9.47 Å². The number of hydrogen-bond donors (Lipinski definition) is 1. The van der Waals surface area contributed by atoms with Gasteiger partial charge >= 0.3 is 18.2 Å². The highest BCUT2D eigenvalue weighted by molar-refractivity contribution is 5.91. The van der Waals surface area contributed by atoms with Crippen LogP contribution in [0, 0.1) is 5.82 Å². The number of benzene rings is 2. The predicted octanol–water partition coefficient (Wildman–Crippen LogP) is 4.21. The summed E-state index contributed by atoms with van der Waals surface area (Å²) in [7, 11) is 0. The maximum absolute atomic E-state index is 13.6. The molecule has 1 heterocycles. The van der Waals surface area contributed by atoms with Crippen LogP contribution in [0.1, 0.15) is 23.1 Å². The number of rotatable bonds is 5. The van der Waals surface area contributed by atoms with Crippen LogP contribution in [0.15, 0.2) is 48.5 Å². The molecule has 0 aliphatic carbocycles. The molecular formula is C19H14F4N4O4. The third-order valence-corrected chi connectivity index (χ3v) is 3.75. The van der Waals surface area contributed by atoms with Crippen molar-refractivity contribution in [2.75, 3.05) is 11.9 Å². The van der Waals surface area contributed by atoms with Gasteiger partial charge in [-0.05, 0) is 37.3 Å². The molecule has 0 unspecified atom stereocenters. The Morgan fingerprint density at radius 1 is 1.13 bits per heavy atom. The minimum Gasteiger partial charge on any atom is -0.450 e. The number of nitrogens with one attached hydrogen (secondary N) is 1. The number of aromatic nitrogens is 3. The van der Waals surface area contributed by atoms with Gasteiger partial charge in [0.25, 0.3) is 0 Å². The van der Waals surface area contributed by atoms with Crippen molar-refractivity contribution in [2.24, 2.45) is 0 Å². The van der Waals surface area contributed by atoms with E-state index in [4.69, 9.17) is 9.47 Å². The molecule has 0 saturated carbocycles. The SMILES string of the molecule is CCOC(=O)Nc1cccc(OC(=O)c2nnn(-c3cccc(F)c3)c2C(F)(F)F)c1. The summed E-state index contributed by atoms with van der Waals surface area (Å²) in [5.74, 6) is -2.40. The summed E-state index contributed by atoms with van der Waals surface area (Å²) < 4.78 is 64.4. The average Bonchev–Trinajstić information content (AvgIpc) is 3.14. The minimum atomic E-state index is -5.04. The standard InChI is InChI=1S/C19H14F4N4O4/c1-2-30-18(29)24-12-6-4-8-14(10-12)31-17(28)15-16(19(21,22)23)27(26-25-15)13-7-3-5-11(20)9-13/h3-10H,2H2,1H3,(H,24,29). The van der Waals surface area contributed by atoms with Crippen LogP contribution in [-0.2, 0) is 10.9 Å². The molecule has 1 amide bonds. The molecule has 0 radical (unpaired) electrons. The molecule has 0 aliphatic heterocycles. The first kappa shape index (κ1) is 21.7. The van der Waals surface area contributed by atoms with E-state index in [2.05, 4.69) is 15.6 Å². The second kappa shape index (κ2) is 8.81. The van der Waals surface area contributed by atoms with Crippen LogP contribution in [0.3, 0.4) is 0 Å². The van der Waals surface area contributed by atoms with E-state index in [1.807, 2.05) is 0 Å². The number of hydrogen-bond acceptors (Lipinski definition) is 6. The maximum Gasteiger partial charge on any atom is 0.436 e. The quantitative estimate of drug-likeness (QED) is 0.364. The Morgan fingerprint density at radius 3 is 2.55 bits per heavy atom. The summed E-state index contributed by atoms with van der Waals surface area (Å²) >= 11 is 0. The number of alkyl halides is 3. The topological polar surface area (TPSA) is 95.3 Å². The lowest BCUT2D eigenvalue weighted by Gasteiger charge is -2.11. The average molecular weight is 438 g/mol. The lowest BCUT2D eigenvalue weighted by atomic mass is 10.2. The van der Waals surface area contributed by atoms with Crippen molar-refractivity contribution >= 4 is 17.7 Å². The summed E-state index contributed by atoms with van der Waals surface area (Å²) in [5.41, 5.74) is -2.73. The van der Waals surface area contributed by atoms with Crippen molar-refractivity contribution in [1.29, 1.82) is 0 Å². The zero-order chi connectivity index (χ0) is 22.6. The summed E-state index contributed by atoms with van der Waals surface area (Å²) in [6.07, 6.45) is -5.80. The number of nitrogens with zero attached hydrogens (tertiary/aromatic N) is 3. The molecule has 0 aliphatic rings. The van der Waals surface area contributed by atoms with Crippen molar-refractivity contribution in [3.05, 3.63) is 65.7 Å². The van der Waals surface area contributed by atoms with Gasteiger partial charge in [-0.2, -0.15) is 13.2 Å². The molecule has 0 spiro atoms. The zero-order valence-corrected chi connectivity index (χ0v) is 15.8. The highest BCUT2D eigenvalue weighted by atomic mass is 19.4. The Bertz CT molecular complexity index is 1110. The van der Waals surface area contributed by atoms with Gasteiger partial charge in [-0.1, -0.05) is 17.3 Å². The smallest absolute Gasteiger partial charge is 0.436 e. The molecule has 0 saturated heterocycles. The van der Waals surface area contributed by atoms with E-state index < -0.39 is 35.4 Å². The van der Waals surface area contributed by atoms with Crippen LogP contribution in [0.2, 0.25) is 0 Å². The number of anilines is 1. The maximum atomic E-state index is 13.6. The molecule has 1 N–H and O–H groups in total. The zero-order valence-electron chi connectivity index (χ0n) is 15.8. The van der Waals surface area contributed by atoms with Crippen LogP contribution in [0.25, 0.3) is 5.69 Å². The Kier molecular flexibility index (Phi) is 6.18. The van der Waals surface area contributed by atoms with Gasteiger partial charge in [0, 0.05) is 11.8 Å². The Balaban J connectivity index is 1.90. The van der Waals surface area contributed by atoms with Crippen LogP contribution in [0.4, 0.5) is 28.0 Å². The predicted molar refractivity (Wildman–Crippen MR) is 98.4 cm³/mol. The van der Waals surface area contributed by atoms with E-state index in [0.717, 1.165) is 12.1 Å². The third-order valence-electron chi connectivity index (χ3n) is 3.75. The Labute approximate surface area is 172 Å². The largest absolute Gasteiger partial charge is 0.450 e. The molecule has 12 heteroatoms. The van der Waals surface area contributed by atoms with Crippen LogP contribution >= 0.6 is 0 Å². The van der Waals surface area contributed by atoms with E-state index >= 15 is 0 Å². The van der Waals surface area contributed by atoms with E-state index in [0.29, 0.717) is 4.68 Å². The van der Waals surface area contributed by atoms with Gasteiger partial charge in [-0.3, -0.25) is 5.32 Å². The molecule has 162 valence electrons. The Morgan fingerprint density at radius 2 is 1.87 bits per heavy atom. The molecule has 2 aromatic carbocycles. The van der Waals surface area contributed by atoms with E-state index in [-0.39, 0.29) is 23.7 Å². The minimum absolute atomic E-state index is 0.127. The van der Waals surface area contributed by atoms with Crippen LogP contribution < -0.4 is 10.1 Å². The molecule has 0 fully saturated rings. The van der Waals surface area contributed by atoms with Gasteiger partial charge in [0.05, 0.1) is 12.3 Å². The molecule has 1 aromatic heterocycles. The first-order valence-electron chi connectivity index (χ1n) is 8.74. The van der Waals surface area contributed by atoms with Crippen LogP contribution in [-0.4, -0.2) is 33.7 Å². The van der Waals surface area contributed by atoms with Crippen molar-refractivity contribution in [3.8, 4) is 11.4 Å². The number of carbonyl (C=O) groups is 2. The molecule has 8 nitrogen and oxygen atoms in total. The molecule has 31 heavy (non-hydrogen) atoms. The molecular weight excluding hydrogens is 424 g/mol. The van der Waals surface area contributed by atoms with Gasteiger partial charge in [0.15, 0.2) is 5.69 Å². The first-order valence-corrected chi connectivity index (χ1v) is 8.74. The molecule has 0 atom stereocenters. The van der Waals surface area contributed by atoms with Gasteiger partial charge in [0.2, 0.25) is 5.69 Å². The number of amides is 1. The fourth-order valence-corrected chi connectivity index (χ4v) is 2.54. The molecule has 3 aromatic rings. The van der Waals surface area contributed by atoms with Crippen LogP contribution in [0.5, 0.6) is 5.75 Å². The van der Waals surface area contributed by atoms with Crippen molar-refractivity contribution in [2.45, 2.75) is 13.1 Å². The lowest BCUT2D eigenvalue weighted by Crippen LogP contribution is -2.20. The monoisotopic (exact) mass is 438 g/mol. The fourth-order valence-electron chi connectivity index (χ4n) is 2.54.